The molecule has 5 nitrogen and oxygen atoms in total. The van der Waals surface area contributed by atoms with Crippen molar-refractivity contribution >= 4 is 22.7 Å². The number of methoxy groups -OCH3 is 1. The number of benzene rings is 3. The second kappa shape index (κ2) is 10.1. The SMILES string of the molecule is COc1cccc(/C=N\Nc2nc(-c3ccc(F)cc3)cs2)c1OCc1cccc(C)c1. The standard InChI is InChI=1S/C25H22FN3O2S/c1-17-5-3-6-18(13-17)15-31-24-20(7-4-8-23(24)30-2)14-27-29-25-28-22(16-32-25)19-9-11-21(26)12-10-19/h3-14,16H,15H2,1-2H3,(H,28,29)/b27-14-. The van der Waals surface area contributed by atoms with E-state index in [0.29, 0.717) is 23.2 Å². The minimum atomic E-state index is -0.273. The maximum atomic E-state index is 13.1. The second-order valence-corrected chi connectivity index (χ2v) is 7.93. The Kier molecular flexibility index (Phi) is 6.77. The Morgan fingerprint density at radius 1 is 1.09 bits per heavy atom. The lowest BCUT2D eigenvalue weighted by Crippen LogP contribution is -2.01. The van der Waals surface area contributed by atoms with E-state index in [1.807, 2.05) is 35.7 Å². The smallest absolute Gasteiger partial charge is 0.203 e. The van der Waals surface area contributed by atoms with E-state index in [1.165, 1.54) is 29.0 Å². The van der Waals surface area contributed by atoms with Gasteiger partial charge in [-0.05, 0) is 48.9 Å². The van der Waals surface area contributed by atoms with Crippen LogP contribution in [0.1, 0.15) is 16.7 Å². The van der Waals surface area contributed by atoms with Crippen molar-refractivity contribution in [2.45, 2.75) is 13.5 Å². The van der Waals surface area contributed by atoms with Crippen molar-refractivity contribution in [1.29, 1.82) is 0 Å². The summed E-state index contributed by atoms with van der Waals surface area (Å²) in [6.45, 7) is 2.47. The molecule has 32 heavy (non-hydrogen) atoms. The van der Waals surface area contributed by atoms with Crippen LogP contribution in [0.4, 0.5) is 9.52 Å². The minimum absolute atomic E-state index is 0.273. The summed E-state index contributed by atoms with van der Waals surface area (Å²) in [5, 5.41) is 6.84. The Hall–Kier alpha value is -3.71. The first-order chi connectivity index (χ1) is 15.6. The van der Waals surface area contributed by atoms with Crippen LogP contribution in [0.3, 0.4) is 0 Å². The van der Waals surface area contributed by atoms with Crippen molar-refractivity contribution in [3.63, 3.8) is 0 Å². The normalized spacial score (nSPS) is 11.0. The van der Waals surface area contributed by atoms with Crippen LogP contribution in [-0.4, -0.2) is 18.3 Å². The van der Waals surface area contributed by atoms with Gasteiger partial charge in [0.1, 0.15) is 12.4 Å². The van der Waals surface area contributed by atoms with Gasteiger partial charge in [-0.15, -0.1) is 11.3 Å². The van der Waals surface area contributed by atoms with Crippen LogP contribution >= 0.6 is 11.3 Å². The molecule has 4 rings (SSSR count). The molecule has 0 saturated carbocycles. The maximum absolute atomic E-state index is 13.1. The molecular formula is C25H22FN3O2S. The first-order valence-electron chi connectivity index (χ1n) is 9.98. The summed E-state index contributed by atoms with van der Waals surface area (Å²) in [6.07, 6.45) is 1.67. The average Bonchev–Trinajstić information content (AvgIpc) is 3.27. The van der Waals surface area contributed by atoms with E-state index < -0.39 is 0 Å². The number of halogens is 1. The summed E-state index contributed by atoms with van der Waals surface area (Å²) in [7, 11) is 1.61. The lowest BCUT2D eigenvalue weighted by Gasteiger charge is -2.13. The third-order valence-electron chi connectivity index (χ3n) is 4.70. The molecule has 1 N–H and O–H groups in total. The Morgan fingerprint density at radius 3 is 2.69 bits per heavy atom. The Balaban J connectivity index is 1.47. The van der Waals surface area contributed by atoms with Crippen molar-refractivity contribution < 1.29 is 13.9 Å². The molecule has 0 radical (unpaired) electrons. The molecule has 0 bridgehead atoms. The predicted octanol–water partition coefficient (Wildman–Crippen LogP) is 6.29. The van der Waals surface area contributed by atoms with Crippen molar-refractivity contribution in [3.05, 3.63) is 94.6 Å². The lowest BCUT2D eigenvalue weighted by atomic mass is 10.1. The quantitative estimate of drug-likeness (QED) is 0.255. The highest BCUT2D eigenvalue weighted by atomic mass is 32.1. The largest absolute Gasteiger partial charge is 0.493 e. The number of para-hydroxylation sites is 1. The number of nitrogens with zero attached hydrogens (tertiary/aromatic N) is 2. The third kappa shape index (κ3) is 5.31. The molecular weight excluding hydrogens is 425 g/mol. The zero-order valence-electron chi connectivity index (χ0n) is 17.7. The Morgan fingerprint density at radius 2 is 1.91 bits per heavy atom. The summed E-state index contributed by atoms with van der Waals surface area (Å²) < 4.78 is 24.7. The topological polar surface area (TPSA) is 55.7 Å². The minimum Gasteiger partial charge on any atom is -0.493 e. The average molecular weight is 448 g/mol. The van der Waals surface area contributed by atoms with Gasteiger partial charge in [0, 0.05) is 16.5 Å². The van der Waals surface area contributed by atoms with Gasteiger partial charge in [-0.2, -0.15) is 5.10 Å². The molecule has 4 aromatic rings. The van der Waals surface area contributed by atoms with Crippen LogP contribution in [0, 0.1) is 12.7 Å². The van der Waals surface area contributed by atoms with Crippen molar-refractivity contribution in [1.82, 2.24) is 4.98 Å². The van der Waals surface area contributed by atoms with Gasteiger partial charge in [-0.25, -0.2) is 9.37 Å². The van der Waals surface area contributed by atoms with Gasteiger partial charge < -0.3 is 9.47 Å². The van der Waals surface area contributed by atoms with Crippen molar-refractivity contribution in [2.75, 3.05) is 12.5 Å². The summed E-state index contributed by atoms with van der Waals surface area (Å²) in [4.78, 5) is 4.50. The van der Waals surface area contributed by atoms with E-state index >= 15 is 0 Å². The molecule has 0 amide bonds. The molecule has 0 saturated heterocycles. The molecule has 3 aromatic carbocycles. The Bertz CT molecular complexity index is 1220. The van der Waals surface area contributed by atoms with Crippen LogP contribution in [0.15, 0.2) is 77.2 Å². The molecule has 1 heterocycles. The Labute approximate surface area is 190 Å². The second-order valence-electron chi connectivity index (χ2n) is 7.07. The number of anilines is 1. The van der Waals surface area contributed by atoms with Gasteiger partial charge in [-0.3, -0.25) is 5.43 Å². The fourth-order valence-corrected chi connectivity index (χ4v) is 3.81. The van der Waals surface area contributed by atoms with Crippen LogP contribution in [0.25, 0.3) is 11.3 Å². The molecule has 0 atom stereocenters. The number of aromatic nitrogens is 1. The molecule has 0 spiro atoms. The number of hydrazone groups is 1. The summed E-state index contributed by atoms with van der Waals surface area (Å²) in [5.74, 6) is 0.980. The van der Waals surface area contributed by atoms with Gasteiger partial charge in [0.25, 0.3) is 0 Å². The number of ether oxygens (including phenoxy) is 2. The number of nitrogens with one attached hydrogen (secondary N) is 1. The van der Waals surface area contributed by atoms with Gasteiger partial charge in [0.05, 0.1) is 19.0 Å². The zero-order valence-corrected chi connectivity index (χ0v) is 18.5. The van der Waals surface area contributed by atoms with E-state index in [-0.39, 0.29) is 5.82 Å². The van der Waals surface area contributed by atoms with E-state index in [0.717, 1.165) is 22.4 Å². The summed E-state index contributed by atoms with van der Waals surface area (Å²) in [6, 6.07) is 20.1. The van der Waals surface area contributed by atoms with E-state index in [9.17, 15) is 4.39 Å². The predicted molar refractivity (Wildman–Crippen MR) is 127 cm³/mol. The van der Waals surface area contributed by atoms with E-state index in [2.05, 4.69) is 34.6 Å². The highest BCUT2D eigenvalue weighted by Crippen LogP contribution is 2.31. The van der Waals surface area contributed by atoms with Crippen LogP contribution < -0.4 is 14.9 Å². The molecule has 0 aliphatic rings. The van der Waals surface area contributed by atoms with Gasteiger partial charge in [-0.1, -0.05) is 35.9 Å². The first kappa shape index (κ1) is 21.5. The molecule has 162 valence electrons. The van der Waals surface area contributed by atoms with E-state index in [1.54, 1.807) is 25.5 Å². The number of aryl methyl sites for hydroxylation is 1. The molecule has 7 heteroatoms. The number of rotatable bonds is 8. The lowest BCUT2D eigenvalue weighted by molar-refractivity contribution is 0.284. The highest BCUT2D eigenvalue weighted by molar-refractivity contribution is 7.14. The van der Waals surface area contributed by atoms with Crippen LogP contribution in [0.2, 0.25) is 0 Å². The molecule has 0 fully saturated rings. The molecule has 0 unspecified atom stereocenters. The number of hydrogen-bond donors (Lipinski definition) is 1. The van der Waals surface area contributed by atoms with Gasteiger partial charge >= 0.3 is 0 Å². The number of thiazole rings is 1. The third-order valence-corrected chi connectivity index (χ3v) is 5.45. The fraction of sp³-hybridized carbons (Fsp3) is 0.120. The van der Waals surface area contributed by atoms with Crippen molar-refractivity contribution in [3.8, 4) is 22.8 Å². The zero-order chi connectivity index (χ0) is 22.3. The number of hydrogen-bond acceptors (Lipinski definition) is 6. The van der Waals surface area contributed by atoms with Crippen molar-refractivity contribution in [2.24, 2.45) is 5.10 Å². The summed E-state index contributed by atoms with van der Waals surface area (Å²) in [5.41, 5.74) is 7.59. The van der Waals surface area contributed by atoms with Gasteiger partial charge in [0.15, 0.2) is 11.5 Å². The van der Waals surface area contributed by atoms with Gasteiger partial charge in [0.2, 0.25) is 5.13 Å². The first-order valence-corrected chi connectivity index (χ1v) is 10.9. The summed E-state index contributed by atoms with van der Waals surface area (Å²) >= 11 is 1.42. The maximum Gasteiger partial charge on any atom is 0.203 e. The highest BCUT2D eigenvalue weighted by Gasteiger charge is 2.10. The monoisotopic (exact) mass is 447 g/mol. The molecule has 0 aliphatic heterocycles. The van der Waals surface area contributed by atoms with Crippen LogP contribution in [0.5, 0.6) is 11.5 Å². The molecule has 0 aliphatic carbocycles. The molecule has 1 aromatic heterocycles. The fourth-order valence-electron chi connectivity index (χ4n) is 3.14. The van der Waals surface area contributed by atoms with E-state index in [4.69, 9.17) is 9.47 Å². The van der Waals surface area contributed by atoms with Crippen LogP contribution in [-0.2, 0) is 6.61 Å².